The molecule has 0 unspecified atom stereocenters. The number of fused-ring (bicyclic) bond motifs is 1. The fourth-order valence-electron chi connectivity index (χ4n) is 1.99. The maximum absolute atomic E-state index is 13.2. The minimum Gasteiger partial charge on any atom is -0.380 e. The molecule has 0 aliphatic rings. The van der Waals surface area contributed by atoms with Gasteiger partial charge in [-0.25, -0.2) is 9.37 Å². The van der Waals surface area contributed by atoms with Gasteiger partial charge in [0.25, 0.3) is 0 Å². The Labute approximate surface area is 120 Å². The molecule has 0 saturated carbocycles. The fraction of sp³-hybridized carbons (Fsp3) is 0.133. The molecule has 0 amide bonds. The maximum atomic E-state index is 13.2. The van der Waals surface area contributed by atoms with Gasteiger partial charge >= 0.3 is 0 Å². The molecular weight excluding hydrogens is 275 g/mol. The van der Waals surface area contributed by atoms with Crippen LogP contribution in [0.3, 0.4) is 0 Å². The molecule has 0 aliphatic carbocycles. The fourth-order valence-corrected chi connectivity index (χ4v) is 2.89. The lowest BCUT2D eigenvalue weighted by atomic mass is 10.2. The Hall–Kier alpha value is -1.98. The van der Waals surface area contributed by atoms with Gasteiger partial charge in [-0.3, -0.25) is 0 Å². The van der Waals surface area contributed by atoms with Crippen molar-refractivity contribution in [3.8, 4) is 0 Å². The zero-order valence-electron chi connectivity index (χ0n) is 10.9. The highest BCUT2D eigenvalue weighted by Crippen LogP contribution is 2.30. The van der Waals surface area contributed by atoms with Crippen molar-refractivity contribution >= 4 is 32.4 Å². The molecule has 5 heteroatoms. The van der Waals surface area contributed by atoms with Gasteiger partial charge in [-0.15, -0.1) is 0 Å². The molecule has 20 heavy (non-hydrogen) atoms. The van der Waals surface area contributed by atoms with Crippen LogP contribution >= 0.6 is 11.3 Å². The summed E-state index contributed by atoms with van der Waals surface area (Å²) < 4.78 is 19.2. The Morgan fingerprint density at radius 3 is 2.95 bits per heavy atom. The highest BCUT2D eigenvalue weighted by atomic mass is 32.1. The van der Waals surface area contributed by atoms with Gasteiger partial charge in [0.2, 0.25) is 0 Å². The molecular formula is C15H13FN2OS. The molecule has 0 radical (unpaired) electrons. The molecule has 3 nitrogen and oxygen atoms in total. The van der Waals surface area contributed by atoms with E-state index in [9.17, 15) is 4.39 Å². The summed E-state index contributed by atoms with van der Waals surface area (Å²) in [4.78, 5) is 4.45. The molecule has 0 atom stereocenters. The Kier molecular flexibility index (Phi) is 3.62. The molecule has 2 aromatic carbocycles. The van der Waals surface area contributed by atoms with E-state index in [1.54, 1.807) is 13.2 Å². The topological polar surface area (TPSA) is 34.1 Å². The summed E-state index contributed by atoms with van der Waals surface area (Å²) in [7, 11) is 1.66. The zero-order chi connectivity index (χ0) is 13.9. The van der Waals surface area contributed by atoms with Crippen LogP contribution in [-0.4, -0.2) is 12.1 Å². The number of halogens is 1. The number of nitrogens with one attached hydrogen (secondary N) is 1. The monoisotopic (exact) mass is 288 g/mol. The number of benzene rings is 2. The number of hydrogen-bond donors (Lipinski definition) is 1. The summed E-state index contributed by atoms with van der Waals surface area (Å²) in [5, 5.41) is 4.02. The molecule has 0 saturated heterocycles. The zero-order valence-corrected chi connectivity index (χ0v) is 11.7. The predicted octanol–water partition coefficient (Wildman–Crippen LogP) is 4.33. The van der Waals surface area contributed by atoms with Crippen molar-refractivity contribution in [2.24, 2.45) is 0 Å². The van der Waals surface area contributed by atoms with Crippen LogP contribution in [0.15, 0.2) is 42.5 Å². The minimum atomic E-state index is -0.243. The van der Waals surface area contributed by atoms with Crippen molar-refractivity contribution in [3.63, 3.8) is 0 Å². The normalized spacial score (nSPS) is 10.9. The molecule has 0 aliphatic heterocycles. The average Bonchev–Trinajstić information content (AvgIpc) is 2.82. The molecule has 1 N–H and O–H groups in total. The van der Waals surface area contributed by atoms with Gasteiger partial charge in [0, 0.05) is 18.4 Å². The summed E-state index contributed by atoms with van der Waals surface area (Å²) in [6.45, 7) is 0.530. The lowest BCUT2D eigenvalue weighted by Gasteiger charge is -2.08. The molecule has 0 bridgehead atoms. The van der Waals surface area contributed by atoms with Gasteiger partial charge in [0.15, 0.2) is 5.13 Å². The maximum Gasteiger partial charge on any atom is 0.188 e. The molecule has 1 heterocycles. The van der Waals surface area contributed by atoms with E-state index in [0.29, 0.717) is 6.61 Å². The van der Waals surface area contributed by atoms with Crippen LogP contribution in [-0.2, 0) is 11.3 Å². The number of aromatic nitrogens is 1. The number of thiazole rings is 1. The first-order valence-electron chi connectivity index (χ1n) is 6.16. The standard InChI is InChI=1S/C15H13FN2OS/c1-19-9-10-4-2-3-5-12(10)17-15-18-13-7-6-11(16)8-14(13)20-15/h2-8H,9H2,1H3,(H,17,18). The number of anilines is 2. The number of rotatable bonds is 4. The molecule has 102 valence electrons. The summed E-state index contributed by atoms with van der Waals surface area (Å²) in [5.41, 5.74) is 2.80. The van der Waals surface area contributed by atoms with Crippen LogP contribution in [0, 0.1) is 5.82 Å². The third-order valence-electron chi connectivity index (χ3n) is 2.91. The summed E-state index contributed by atoms with van der Waals surface area (Å²) >= 11 is 1.43. The number of nitrogens with zero attached hydrogens (tertiary/aromatic N) is 1. The van der Waals surface area contributed by atoms with E-state index in [4.69, 9.17) is 4.74 Å². The third kappa shape index (κ3) is 2.64. The van der Waals surface area contributed by atoms with E-state index in [-0.39, 0.29) is 5.82 Å². The van der Waals surface area contributed by atoms with E-state index < -0.39 is 0 Å². The second-order valence-corrected chi connectivity index (χ2v) is 5.38. The van der Waals surface area contributed by atoms with Crippen molar-refractivity contribution in [1.29, 1.82) is 0 Å². The van der Waals surface area contributed by atoms with Crippen molar-refractivity contribution < 1.29 is 9.13 Å². The van der Waals surface area contributed by atoms with Crippen LogP contribution in [0.4, 0.5) is 15.2 Å². The second-order valence-electron chi connectivity index (χ2n) is 4.35. The first kappa shape index (κ1) is 13.0. The molecule has 0 fully saturated rings. The summed E-state index contributed by atoms with van der Waals surface area (Å²) in [6, 6.07) is 12.5. The number of methoxy groups -OCH3 is 1. The van der Waals surface area contributed by atoms with Crippen molar-refractivity contribution in [1.82, 2.24) is 4.98 Å². The van der Waals surface area contributed by atoms with Gasteiger partial charge in [-0.1, -0.05) is 29.5 Å². The van der Waals surface area contributed by atoms with Crippen LogP contribution in [0.5, 0.6) is 0 Å². The quantitative estimate of drug-likeness (QED) is 0.776. The van der Waals surface area contributed by atoms with Crippen LogP contribution in [0.25, 0.3) is 10.2 Å². The van der Waals surface area contributed by atoms with E-state index in [1.807, 2.05) is 24.3 Å². The Morgan fingerprint density at radius 2 is 2.10 bits per heavy atom. The summed E-state index contributed by atoms with van der Waals surface area (Å²) in [6.07, 6.45) is 0. The Morgan fingerprint density at radius 1 is 1.25 bits per heavy atom. The smallest absolute Gasteiger partial charge is 0.188 e. The van der Waals surface area contributed by atoms with Crippen molar-refractivity contribution in [2.45, 2.75) is 6.61 Å². The Balaban J connectivity index is 1.93. The average molecular weight is 288 g/mol. The van der Waals surface area contributed by atoms with Crippen LogP contribution in [0.2, 0.25) is 0 Å². The van der Waals surface area contributed by atoms with E-state index in [1.165, 1.54) is 23.5 Å². The first-order valence-corrected chi connectivity index (χ1v) is 6.98. The molecule has 3 rings (SSSR count). The highest BCUT2D eigenvalue weighted by molar-refractivity contribution is 7.22. The van der Waals surface area contributed by atoms with E-state index >= 15 is 0 Å². The largest absolute Gasteiger partial charge is 0.380 e. The minimum absolute atomic E-state index is 0.243. The first-order chi connectivity index (χ1) is 9.76. The van der Waals surface area contributed by atoms with E-state index in [2.05, 4.69) is 10.3 Å². The number of ether oxygens (including phenoxy) is 1. The van der Waals surface area contributed by atoms with Crippen LogP contribution < -0.4 is 5.32 Å². The molecule has 1 aromatic heterocycles. The van der Waals surface area contributed by atoms with Gasteiger partial charge in [0.1, 0.15) is 5.82 Å². The van der Waals surface area contributed by atoms with Crippen LogP contribution in [0.1, 0.15) is 5.56 Å². The molecule has 3 aromatic rings. The summed E-state index contributed by atoms with van der Waals surface area (Å²) in [5.74, 6) is -0.243. The highest BCUT2D eigenvalue weighted by Gasteiger charge is 2.07. The van der Waals surface area contributed by atoms with Gasteiger partial charge < -0.3 is 10.1 Å². The lowest BCUT2D eigenvalue weighted by molar-refractivity contribution is 0.185. The number of hydrogen-bond acceptors (Lipinski definition) is 4. The van der Waals surface area contributed by atoms with Crippen molar-refractivity contribution in [3.05, 3.63) is 53.8 Å². The SMILES string of the molecule is COCc1ccccc1Nc1nc2ccc(F)cc2s1. The van der Waals surface area contributed by atoms with Gasteiger partial charge in [0.05, 0.1) is 16.8 Å². The second kappa shape index (κ2) is 5.56. The third-order valence-corrected chi connectivity index (χ3v) is 3.84. The molecule has 0 spiro atoms. The Bertz CT molecular complexity index is 742. The lowest BCUT2D eigenvalue weighted by Crippen LogP contribution is -1.96. The van der Waals surface area contributed by atoms with Gasteiger partial charge in [-0.05, 0) is 24.3 Å². The van der Waals surface area contributed by atoms with Crippen molar-refractivity contribution in [2.75, 3.05) is 12.4 Å². The van der Waals surface area contributed by atoms with E-state index in [0.717, 1.165) is 26.6 Å². The number of para-hydroxylation sites is 1. The van der Waals surface area contributed by atoms with Gasteiger partial charge in [-0.2, -0.15) is 0 Å². The predicted molar refractivity (Wildman–Crippen MR) is 80.0 cm³/mol.